The summed E-state index contributed by atoms with van der Waals surface area (Å²) in [5, 5.41) is 10.5. The fourth-order valence-electron chi connectivity index (χ4n) is 4.19. The number of benzene rings is 2. The molecule has 36 heavy (non-hydrogen) atoms. The zero-order chi connectivity index (χ0) is 25.3. The van der Waals surface area contributed by atoms with Crippen LogP contribution in [0, 0.1) is 13.8 Å². The van der Waals surface area contributed by atoms with Crippen LogP contribution in [0.5, 0.6) is 0 Å². The van der Waals surface area contributed by atoms with Crippen LogP contribution >= 0.6 is 0 Å². The number of nitrogens with one attached hydrogen (secondary N) is 2. The van der Waals surface area contributed by atoms with Crippen molar-refractivity contribution in [2.75, 3.05) is 38.2 Å². The summed E-state index contributed by atoms with van der Waals surface area (Å²) in [6, 6.07) is 17.5. The fourth-order valence-corrected chi connectivity index (χ4v) is 4.19. The number of morpholine rings is 1. The van der Waals surface area contributed by atoms with Gasteiger partial charge in [-0.15, -0.1) is 0 Å². The summed E-state index contributed by atoms with van der Waals surface area (Å²) in [5.74, 6) is -0.214. The van der Waals surface area contributed by atoms with Gasteiger partial charge < -0.3 is 15.4 Å². The number of para-hydroxylation sites is 1. The Morgan fingerprint density at radius 1 is 1.06 bits per heavy atom. The van der Waals surface area contributed by atoms with Crippen LogP contribution in [0.15, 0.2) is 60.7 Å². The fraction of sp³-hybridized carbons (Fsp3) is 0.321. The maximum Gasteiger partial charge on any atom is 0.244 e. The van der Waals surface area contributed by atoms with Crippen molar-refractivity contribution in [2.45, 2.75) is 26.8 Å². The molecule has 4 rings (SSSR count). The first-order valence-electron chi connectivity index (χ1n) is 12.3. The van der Waals surface area contributed by atoms with Gasteiger partial charge in [0.25, 0.3) is 0 Å². The minimum Gasteiger partial charge on any atom is -0.379 e. The summed E-state index contributed by atoms with van der Waals surface area (Å²) >= 11 is 0. The first-order valence-corrected chi connectivity index (χ1v) is 12.3. The average Bonchev–Trinajstić information content (AvgIpc) is 3.19. The Labute approximate surface area is 211 Å². The smallest absolute Gasteiger partial charge is 0.244 e. The van der Waals surface area contributed by atoms with Crippen molar-refractivity contribution in [1.29, 1.82) is 0 Å². The van der Waals surface area contributed by atoms with Gasteiger partial charge in [-0.1, -0.05) is 30.3 Å². The van der Waals surface area contributed by atoms with Gasteiger partial charge in [0.05, 0.1) is 24.6 Å². The minimum absolute atomic E-state index is 0.0209. The number of hydrogen-bond acceptors (Lipinski definition) is 5. The normalized spacial score (nSPS) is 14.2. The Balaban J connectivity index is 1.28. The number of anilines is 1. The molecule has 0 bridgehead atoms. The molecular weight excluding hydrogens is 454 g/mol. The molecule has 3 aromatic rings. The van der Waals surface area contributed by atoms with E-state index in [4.69, 9.17) is 4.74 Å². The Morgan fingerprint density at radius 2 is 1.83 bits per heavy atom. The highest BCUT2D eigenvalue weighted by atomic mass is 16.5. The molecule has 1 fully saturated rings. The number of carbonyl (C=O) groups is 2. The van der Waals surface area contributed by atoms with Crippen LogP contribution in [-0.4, -0.2) is 59.3 Å². The van der Waals surface area contributed by atoms with Crippen LogP contribution in [-0.2, 0) is 20.9 Å². The van der Waals surface area contributed by atoms with E-state index >= 15 is 0 Å². The van der Waals surface area contributed by atoms with E-state index in [2.05, 4.69) is 20.6 Å². The lowest BCUT2D eigenvalue weighted by Gasteiger charge is -2.26. The molecule has 2 amide bonds. The summed E-state index contributed by atoms with van der Waals surface area (Å²) in [5.41, 5.74) is 5.37. The number of carbonyl (C=O) groups excluding carboxylic acids is 2. The predicted molar refractivity (Wildman–Crippen MR) is 141 cm³/mol. The summed E-state index contributed by atoms with van der Waals surface area (Å²) in [6.45, 7) is 8.19. The van der Waals surface area contributed by atoms with Gasteiger partial charge in [-0.25, -0.2) is 4.68 Å². The molecule has 0 saturated carbocycles. The van der Waals surface area contributed by atoms with E-state index in [-0.39, 0.29) is 11.8 Å². The number of hydrogen-bond donors (Lipinski definition) is 2. The molecule has 0 unspecified atom stereocenters. The molecule has 188 valence electrons. The summed E-state index contributed by atoms with van der Waals surface area (Å²) < 4.78 is 7.22. The van der Waals surface area contributed by atoms with Crippen LogP contribution in [0.3, 0.4) is 0 Å². The van der Waals surface area contributed by atoms with E-state index in [1.54, 1.807) is 6.08 Å². The van der Waals surface area contributed by atoms with Crippen molar-refractivity contribution >= 4 is 23.6 Å². The largest absolute Gasteiger partial charge is 0.379 e. The summed E-state index contributed by atoms with van der Waals surface area (Å²) in [7, 11) is 0. The number of ether oxygens (including phenoxy) is 1. The topological polar surface area (TPSA) is 88.5 Å². The second kappa shape index (κ2) is 12.3. The van der Waals surface area contributed by atoms with E-state index < -0.39 is 0 Å². The maximum absolute atomic E-state index is 12.5. The number of rotatable bonds is 9. The van der Waals surface area contributed by atoms with Crippen molar-refractivity contribution in [3.05, 3.63) is 83.2 Å². The molecular formula is C28H33N5O3. The Morgan fingerprint density at radius 3 is 2.61 bits per heavy atom. The van der Waals surface area contributed by atoms with Gasteiger partial charge in [-0.3, -0.25) is 14.5 Å². The van der Waals surface area contributed by atoms with E-state index in [0.717, 1.165) is 66.7 Å². The van der Waals surface area contributed by atoms with Gasteiger partial charge in [-0.05, 0) is 49.8 Å². The lowest BCUT2D eigenvalue weighted by Crippen LogP contribution is -2.38. The first kappa shape index (κ1) is 25.3. The molecule has 2 N–H and O–H groups in total. The van der Waals surface area contributed by atoms with E-state index in [1.165, 1.54) is 6.08 Å². The van der Waals surface area contributed by atoms with Crippen LogP contribution in [0.25, 0.3) is 11.8 Å². The average molecular weight is 488 g/mol. The van der Waals surface area contributed by atoms with Crippen molar-refractivity contribution < 1.29 is 14.3 Å². The van der Waals surface area contributed by atoms with Crippen molar-refractivity contribution in [3.63, 3.8) is 0 Å². The van der Waals surface area contributed by atoms with Crippen LogP contribution in [0.1, 0.15) is 28.9 Å². The summed E-state index contributed by atoms with van der Waals surface area (Å²) in [4.78, 5) is 27.1. The second-order valence-electron chi connectivity index (χ2n) is 8.84. The second-order valence-corrected chi connectivity index (χ2v) is 8.84. The monoisotopic (exact) mass is 487 g/mol. The molecule has 8 nitrogen and oxygen atoms in total. The molecule has 1 aliphatic rings. The van der Waals surface area contributed by atoms with Crippen LogP contribution in [0.4, 0.5) is 5.69 Å². The van der Waals surface area contributed by atoms with Gasteiger partial charge in [0, 0.05) is 55.6 Å². The molecule has 1 aromatic heterocycles. The Kier molecular flexibility index (Phi) is 8.65. The van der Waals surface area contributed by atoms with Crippen LogP contribution in [0.2, 0.25) is 0 Å². The van der Waals surface area contributed by atoms with Crippen molar-refractivity contribution in [2.24, 2.45) is 0 Å². The molecule has 0 spiro atoms. The quantitative estimate of drug-likeness (QED) is 0.451. The standard InChI is InChI=1S/C28H33N5O3/c1-21-26(22(2)33(31-21)25-9-4-3-5-10-25)11-12-27(34)29-20-23-7-6-8-24(19-23)30-28(35)13-14-32-15-17-36-18-16-32/h3-12,19H,13-18,20H2,1-2H3,(H,29,34)(H,30,35). The highest BCUT2D eigenvalue weighted by Gasteiger charge is 2.13. The molecule has 2 aromatic carbocycles. The molecule has 2 heterocycles. The highest BCUT2D eigenvalue weighted by molar-refractivity contribution is 5.92. The Hall–Kier alpha value is -3.75. The minimum atomic E-state index is -0.193. The van der Waals surface area contributed by atoms with Gasteiger partial charge in [0.2, 0.25) is 11.8 Å². The lowest BCUT2D eigenvalue weighted by atomic mass is 10.1. The molecule has 1 aliphatic heterocycles. The first-order chi connectivity index (χ1) is 17.5. The molecule has 8 heteroatoms. The van der Waals surface area contributed by atoms with E-state index in [0.29, 0.717) is 13.0 Å². The number of aryl methyl sites for hydroxylation is 1. The van der Waals surface area contributed by atoms with E-state index in [1.807, 2.05) is 73.1 Å². The number of amides is 2. The van der Waals surface area contributed by atoms with Crippen molar-refractivity contribution in [3.8, 4) is 5.69 Å². The predicted octanol–water partition coefficient (Wildman–Crippen LogP) is 3.48. The Bertz CT molecular complexity index is 1210. The number of aromatic nitrogens is 2. The third-order valence-corrected chi connectivity index (χ3v) is 6.19. The maximum atomic E-state index is 12.5. The molecule has 1 saturated heterocycles. The molecule has 0 radical (unpaired) electrons. The summed E-state index contributed by atoms with van der Waals surface area (Å²) in [6.07, 6.45) is 3.77. The zero-order valence-electron chi connectivity index (χ0n) is 20.9. The van der Waals surface area contributed by atoms with Gasteiger partial charge >= 0.3 is 0 Å². The molecule has 0 aliphatic carbocycles. The zero-order valence-corrected chi connectivity index (χ0v) is 20.9. The van der Waals surface area contributed by atoms with Gasteiger partial charge in [-0.2, -0.15) is 5.10 Å². The van der Waals surface area contributed by atoms with E-state index in [9.17, 15) is 9.59 Å². The van der Waals surface area contributed by atoms with Gasteiger partial charge in [0.15, 0.2) is 0 Å². The molecule has 0 atom stereocenters. The van der Waals surface area contributed by atoms with Crippen molar-refractivity contribution in [1.82, 2.24) is 20.0 Å². The SMILES string of the molecule is Cc1nn(-c2ccccc2)c(C)c1C=CC(=O)NCc1cccc(NC(=O)CCN2CCOCC2)c1. The van der Waals surface area contributed by atoms with Crippen LogP contribution < -0.4 is 10.6 Å². The highest BCUT2D eigenvalue weighted by Crippen LogP contribution is 2.19. The third kappa shape index (κ3) is 6.90. The lowest BCUT2D eigenvalue weighted by molar-refractivity contribution is -0.117. The number of nitrogens with zero attached hydrogens (tertiary/aromatic N) is 3. The third-order valence-electron chi connectivity index (χ3n) is 6.19. The van der Waals surface area contributed by atoms with Gasteiger partial charge in [0.1, 0.15) is 0 Å².